The third-order valence-electron chi connectivity index (χ3n) is 9.21. The number of anilines is 1. The van der Waals surface area contributed by atoms with Crippen LogP contribution in [0.1, 0.15) is 53.3 Å². The maximum Gasteiger partial charge on any atom is 0.325 e. The minimum absolute atomic E-state index is 0.0406. The number of rotatable bonds is 9. The number of hydrogen-bond donors (Lipinski definition) is 3. The highest BCUT2D eigenvalue weighted by Gasteiger charge is 2.68. The molecule has 7 heteroatoms. The molecule has 4 aromatic rings. The Morgan fingerprint density at radius 3 is 1.98 bits per heavy atom. The zero-order valence-electron chi connectivity index (χ0n) is 25.3. The first-order valence-electron chi connectivity index (χ1n) is 15.4. The van der Waals surface area contributed by atoms with Gasteiger partial charge in [0.25, 0.3) is 0 Å². The Labute approximate surface area is 262 Å². The minimum atomic E-state index is -1.76. The third kappa shape index (κ3) is 5.34. The number of aryl methyl sites for hydroxylation is 2. The van der Waals surface area contributed by atoms with E-state index in [0.717, 1.165) is 27.8 Å². The molecule has 0 bridgehead atoms. The van der Waals surface area contributed by atoms with Gasteiger partial charge in [0.15, 0.2) is 0 Å². The van der Waals surface area contributed by atoms with Crippen LogP contribution in [0.2, 0.25) is 0 Å². The fraction of sp³-hybridized carbons (Fsp3) is 0.237. The summed E-state index contributed by atoms with van der Waals surface area (Å²) in [6, 6.07) is 29.0. The number of carbonyl (C=O) groups excluding carboxylic acids is 2. The Hall–Kier alpha value is -5.01. The zero-order chi connectivity index (χ0) is 31.7. The van der Waals surface area contributed by atoms with Gasteiger partial charge in [0.1, 0.15) is 11.3 Å². The highest BCUT2D eigenvalue weighted by atomic mass is 16.4. The first-order valence-corrected chi connectivity index (χ1v) is 15.4. The molecule has 6 rings (SSSR count). The molecule has 228 valence electrons. The van der Waals surface area contributed by atoms with E-state index in [1.807, 2.05) is 98.8 Å². The van der Waals surface area contributed by atoms with Crippen LogP contribution in [0.4, 0.5) is 5.69 Å². The molecule has 7 nitrogen and oxygen atoms in total. The van der Waals surface area contributed by atoms with Crippen molar-refractivity contribution in [1.29, 1.82) is 0 Å². The number of carboxylic acid groups (broad SMARTS) is 1. The summed E-state index contributed by atoms with van der Waals surface area (Å²) in [5.41, 5.74) is 3.94. The van der Waals surface area contributed by atoms with Gasteiger partial charge in [0.05, 0.1) is 17.5 Å². The van der Waals surface area contributed by atoms with E-state index in [0.29, 0.717) is 24.1 Å². The molecule has 2 heterocycles. The molecule has 2 amide bonds. The van der Waals surface area contributed by atoms with Crippen LogP contribution in [-0.4, -0.2) is 33.5 Å². The van der Waals surface area contributed by atoms with Crippen LogP contribution in [0, 0.1) is 11.8 Å². The topological polar surface area (TPSA) is 107 Å². The van der Waals surface area contributed by atoms with Gasteiger partial charge in [-0.3, -0.25) is 19.7 Å². The molecule has 4 unspecified atom stereocenters. The van der Waals surface area contributed by atoms with Gasteiger partial charge in [-0.2, -0.15) is 0 Å². The first kappa shape index (κ1) is 30.0. The number of benzene rings is 4. The lowest BCUT2D eigenvalue weighted by Crippen LogP contribution is -2.57. The SMILES string of the molecule is CCc1cccc(CC)c1N1C(=O)C2C(c3ccc(/C=C/c4ccccc4)cc3)NC(Cc3ccc(O)cc3)(C(=O)O)C2C1=O. The van der Waals surface area contributed by atoms with Crippen molar-refractivity contribution in [3.05, 3.63) is 130 Å². The summed E-state index contributed by atoms with van der Waals surface area (Å²) in [6.45, 7) is 3.96. The van der Waals surface area contributed by atoms with Crippen LogP contribution >= 0.6 is 0 Å². The number of aliphatic carboxylic acids is 1. The van der Waals surface area contributed by atoms with Crippen molar-refractivity contribution in [2.75, 3.05) is 4.90 Å². The fourth-order valence-corrected chi connectivity index (χ4v) is 6.95. The van der Waals surface area contributed by atoms with Gasteiger partial charge < -0.3 is 10.2 Å². The van der Waals surface area contributed by atoms with Crippen molar-refractivity contribution < 1.29 is 24.6 Å². The van der Waals surface area contributed by atoms with Gasteiger partial charge in [0.2, 0.25) is 11.8 Å². The van der Waals surface area contributed by atoms with Crippen molar-refractivity contribution in [1.82, 2.24) is 5.32 Å². The molecule has 0 spiro atoms. The standard InChI is InChI=1S/C38H36N2O5/c1-3-27-11-8-12-28(4-2)34(27)40-35(42)31-32(36(40)43)38(37(44)45,23-26-17-21-30(41)22-18-26)39-33(31)29-19-15-25(16-20-29)14-13-24-9-6-5-7-10-24/h5-22,31-33,39,41H,3-4,23H2,1-2H3,(H,44,45)/b14-13+. The van der Waals surface area contributed by atoms with E-state index in [9.17, 15) is 24.6 Å². The summed E-state index contributed by atoms with van der Waals surface area (Å²) in [4.78, 5) is 43.6. The molecule has 2 aliphatic heterocycles. The van der Waals surface area contributed by atoms with Crippen molar-refractivity contribution in [3.8, 4) is 5.75 Å². The van der Waals surface area contributed by atoms with Gasteiger partial charge in [-0.15, -0.1) is 0 Å². The second kappa shape index (κ2) is 12.2. The molecular formula is C38H36N2O5. The van der Waals surface area contributed by atoms with Crippen LogP contribution in [0.5, 0.6) is 5.75 Å². The summed E-state index contributed by atoms with van der Waals surface area (Å²) in [5, 5.41) is 24.0. The monoisotopic (exact) mass is 600 g/mol. The maximum atomic E-state index is 14.5. The lowest BCUT2D eigenvalue weighted by atomic mass is 9.76. The Bertz CT molecular complexity index is 1740. The number of carboxylic acids is 1. The predicted octanol–water partition coefficient (Wildman–Crippen LogP) is 6.20. The number of aromatic hydroxyl groups is 1. The quantitative estimate of drug-likeness (QED) is 0.156. The normalized spacial score (nSPS) is 22.7. The van der Waals surface area contributed by atoms with Crippen LogP contribution in [0.3, 0.4) is 0 Å². The van der Waals surface area contributed by atoms with Crippen molar-refractivity contribution in [3.63, 3.8) is 0 Å². The second-order valence-electron chi connectivity index (χ2n) is 11.8. The average Bonchev–Trinajstić information content (AvgIpc) is 3.54. The molecule has 0 aliphatic carbocycles. The maximum absolute atomic E-state index is 14.5. The highest BCUT2D eigenvalue weighted by molar-refractivity contribution is 6.25. The number of nitrogens with zero attached hydrogens (tertiary/aromatic N) is 1. The number of phenols is 1. The number of fused-ring (bicyclic) bond motifs is 1. The van der Waals surface area contributed by atoms with Gasteiger partial charge in [-0.05, 0) is 58.4 Å². The minimum Gasteiger partial charge on any atom is -0.508 e. The summed E-state index contributed by atoms with van der Waals surface area (Å²) in [6.07, 6.45) is 5.20. The number of imide groups is 1. The molecule has 2 saturated heterocycles. The van der Waals surface area contributed by atoms with Crippen molar-refractivity contribution in [2.24, 2.45) is 11.8 Å². The number of amides is 2. The summed E-state index contributed by atoms with van der Waals surface area (Å²) < 4.78 is 0. The summed E-state index contributed by atoms with van der Waals surface area (Å²) >= 11 is 0. The molecule has 0 aromatic heterocycles. The van der Waals surface area contributed by atoms with E-state index in [-0.39, 0.29) is 18.1 Å². The molecule has 45 heavy (non-hydrogen) atoms. The van der Waals surface area contributed by atoms with Gasteiger partial charge in [0, 0.05) is 12.5 Å². The number of nitrogens with one attached hydrogen (secondary N) is 1. The first-order chi connectivity index (χ1) is 21.8. The molecule has 4 atom stereocenters. The van der Waals surface area contributed by atoms with Crippen LogP contribution in [-0.2, 0) is 33.6 Å². The van der Waals surface area contributed by atoms with E-state index in [4.69, 9.17) is 0 Å². The smallest absolute Gasteiger partial charge is 0.325 e. The van der Waals surface area contributed by atoms with E-state index in [1.54, 1.807) is 12.1 Å². The number of para-hydroxylation sites is 1. The van der Waals surface area contributed by atoms with Gasteiger partial charge in [-0.1, -0.05) is 111 Å². The van der Waals surface area contributed by atoms with E-state index in [2.05, 4.69) is 5.32 Å². The van der Waals surface area contributed by atoms with Crippen molar-refractivity contribution in [2.45, 2.75) is 44.7 Å². The highest BCUT2D eigenvalue weighted by Crippen LogP contribution is 2.51. The van der Waals surface area contributed by atoms with Crippen molar-refractivity contribution >= 4 is 35.6 Å². The summed E-state index contributed by atoms with van der Waals surface area (Å²) in [5.74, 6) is -4.10. The molecule has 2 fully saturated rings. The zero-order valence-corrected chi connectivity index (χ0v) is 25.3. The molecule has 0 saturated carbocycles. The van der Waals surface area contributed by atoms with E-state index < -0.39 is 35.3 Å². The lowest BCUT2D eigenvalue weighted by molar-refractivity contribution is -0.148. The molecule has 2 aliphatic rings. The largest absolute Gasteiger partial charge is 0.508 e. The van der Waals surface area contributed by atoms with Crippen LogP contribution in [0.25, 0.3) is 12.2 Å². The number of phenolic OH excluding ortho intramolecular Hbond substituents is 1. The van der Waals surface area contributed by atoms with Crippen LogP contribution in [0.15, 0.2) is 97.1 Å². The number of hydrogen-bond acceptors (Lipinski definition) is 5. The second-order valence-corrected chi connectivity index (χ2v) is 11.8. The lowest BCUT2D eigenvalue weighted by Gasteiger charge is -2.32. The molecule has 4 aromatic carbocycles. The van der Waals surface area contributed by atoms with Gasteiger partial charge in [-0.25, -0.2) is 4.90 Å². The third-order valence-corrected chi connectivity index (χ3v) is 9.21. The Balaban J connectivity index is 1.44. The van der Waals surface area contributed by atoms with E-state index in [1.165, 1.54) is 17.0 Å². The molecule has 0 radical (unpaired) electrons. The fourth-order valence-electron chi connectivity index (χ4n) is 6.95. The average molecular weight is 601 g/mol. The van der Waals surface area contributed by atoms with E-state index >= 15 is 0 Å². The summed E-state index contributed by atoms with van der Waals surface area (Å²) in [7, 11) is 0. The Kier molecular flexibility index (Phi) is 8.12. The number of carbonyl (C=O) groups is 3. The molecule has 3 N–H and O–H groups in total. The molecular weight excluding hydrogens is 564 g/mol. The Morgan fingerprint density at radius 1 is 0.800 bits per heavy atom. The van der Waals surface area contributed by atoms with Gasteiger partial charge >= 0.3 is 5.97 Å². The Morgan fingerprint density at radius 2 is 1.40 bits per heavy atom. The van der Waals surface area contributed by atoms with Crippen LogP contribution < -0.4 is 10.2 Å². The predicted molar refractivity (Wildman–Crippen MR) is 175 cm³/mol.